The van der Waals surface area contributed by atoms with E-state index in [1.54, 1.807) is 31.4 Å². The number of hydrogen-bond acceptors (Lipinski definition) is 7. The van der Waals surface area contributed by atoms with Crippen molar-refractivity contribution in [3.8, 4) is 5.75 Å². The first-order chi connectivity index (χ1) is 14.4. The van der Waals surface area contributed by atoms with Crippen LogP contribution < -0.4 is 10.1 Å². The number of fused-ring (bicyclic) bond motifs is 2. The maximum atomic E-state index is 12.4. The highest BCUT2D eigenvalue weighted by Gasteiger charge is 2.22. The van der Waals surface area contributed by atoms with Crippen molar-refractivity contribution in [2.24, 2.45) is 0 Å². The number of nitrogens with zero attached hydrogens (tertiary/aromatic N) is 1. The third-order valence-electron chi connectivity index (χ3n) is 4.01. The smallest absolute Gasteiger partial charge is 0.350 e. The lowest BCUT2D eigenvalue weighted by Crippen LogP contribution is -2.20. The topological polar surface area (TPSA) is 77.5 Å². The maximum absolute atomic E-state index is 12.4. The summed E-state index contributed by atoms with van der Waals surface area (Å²) in [6.07, 6.45) is 0. The molecule has 0 atom stereocenters. The average molecular weight is 502 g/mol. The molecule has 6 nitrogen and oxygen atoms in total. The Morgan fingerprint density at radius 3 is 2.67 bits per heavy atom. The molecule has 1 N–H and O–H groups in total. The van der Waals surface area contributed by atoms with Crippen molar-refractivity contribution in [2.75, 3.05) is 19.0 Å². The zero-order valence-electron chi connectivity index (χ0n) is 15.1. The van der Waals surface area contributed by atoms with E-state index in [-0.39, 0.29) is 9.90 Å². The van der Waals surface area contributed by atoms with Crippen LogP contribution in [-0.4, -0.2) is 30.6 Å². The molecule has 30 heavy (non-hydrogen) atoms. The predicted molar refractivity (Wildman–Crippen MR) is 122 cm³/mol. The van der Waals surface area contributed by atoms with Crippen LogP contribution in [0.4, 0.5) is 5.13 Å². The van der Waals surface area contributed by atoms with E-state index in [4.69, 9.17) is 44.3 Å². The molecule has 2 aromatic heterocycles. The van der Waals surface area contributed by atoms with E-state index in [1.807, 2.05) is 6.07 Å². The van der Waals surface area contributed by atoms with Crippen LogP contribution in [0.3, 0.4) is 0 Å². The van der Waals surface area contributed by atoms with Crippen LogP contribution in [0.2, 0.25) is 15.1 Å². The second-order valence-electron chi connectivity index (χ2n) is 5.98. The lowest BCUT2D eigenvalue weighted by molar-refractivity contribution is -0.119. The molecule has 2 heterocycles. The van der Waals surface area contributed by atoms with Gasteiger partial charge in [0.1, 0.15) is 10.6 Å². The third-order valence-corrected chi connectivity index (χ3v) is 7.07. The molecule has 0 bridgehead atoms. The number of carbonyl (C=O) groups excluding carboxylic acids is 2. The molecular weight excluding hydrogens is 491 g/mol. The second kappa shape index (κ2) is 8.56. The van der Waals surface area contributed by atoms with Crippen LogP contribution >= 0.6 is 57.5 Å². The minimum Gasteiger partial charge on any atom is -0.497 e. The molecule has 0 aliphatic rings. The molecule has 0 spiro atoms. The molecule has 4 aromatic rings. The van der Waals surface area contributed by atoms with Gasteiger partial charge in [0.05, 0.1) is 27.4 Å². The summed E-state index contributed by atoms with van der Waals surface area (Å²) in [5, 5.41) is 4.46. The Labute approximate surface area is 193 Å². The summed E-state index contributed by atoms with van der Waals surface area (Å²) in [4.78, 5) is 29.1. The van der Waals surface area contributed by atoms with Crippen LogP contribution in [0.1, 0.15) is 9.67 Å². The van der Waals surface area contributed by atoms with Crippen LogP contribution in [0.5, 0.6) is 5.75 Å². The van der Waals surface area contributed by atoms with Crippen molar-refractivity contribution in [3.63, 3.8) is 0 Å². The van der Waals surface area contributed by atoms with Crippen LogP contribution in [0.25, 0.3) is 20.3 Å². The number of methoxy groups -OCH3 is 1. The summed E-state index contributed by atoms with van der Waals surface area (Å²) < 4.78 is 11.8. The summed E-state index contributed by atoms with van der Waals surface area (Å²) in [7, 11) is 1.57. The fraction of sp³-hybridized carbons (Fsp3) is 0.105. The Kier molecular flexibility index (Phi) is 6.04. The van der Waals surface area contributed by atoms with Gasteiger partial charge in [-0.15, -0.1) is 11.3 Å². The van der Waals surface area contributed by atoms with E-state index in [1.165, 1.54) is 11.3 Å². The Hall–Kier alpha value is -2.10. The van der Waals surface area contributed by atoms with Gasteiger partial charge in [-0.25, -0.2) is 9.78 Å². The highest BCUT2D eigenvalue weighted by Crippen LogP contribution is 2.41. The van der Waals surface area contributed by atoms with E-state index in [0.717, 1.165) is 21.6 Å². The highest BCUT2D eigenvalue weighted by molar-refractivity contribution is 7.22. The van der Waals surface area contributed by atoms with Crippen molar-refractivity contribution >= 4 is 94.8 Å². The van der Waals surface area contributed by atoms with Crippen molar-refractivity contribution in [3.05, 3.63) is 50.3 Å². The number of thiazole rings is 1. The molecule has 0 saturated heterocycles. The van der Waals surface area contributed by atoms with Gasteiger partial charge in [-0.3, -0.25) is 10.1 Å². The van der Waals surface area contributed by atoms with Gasteiger partial charge in [0, 0.05) is 15.1 Å². The number of hydrogen-bond donors (Lipinski definition) is 1. The fourth-order valence-electron chi connectivity index (χ4n) is 2.68. The first-order valence-corrected chi connectivity index (χ1v) is 11.1. The van der Waals surface area contributed by atoms with E-state index >= 15 is 0 Å². The zero-order chi connectivity index (χ0) is 21.4. The minimum absolute atomic E-state index is 0.149. The highest BCUT2D eigenvalue weighted by atomic mass is 35.5. The Morgan fingerprint density at radius 1 is 1.10 bits per heavy atom. The molecule has 0 radical (unpaired) electrons. The summed E-state index contributed by atoms with van der Waals surface area (Å²) in [6, 6.07) is 8.60. The van der Waals surface area contributed by atoms with Crippen molar-refractivity contribution in [1.29, 1.82) is 0 Å². The van der Waals surface area contributed by atoms with Crippen LogP contribution in [-0.2, 0) is 9.53 Å². The quantitative estimate of drug-likeness (QED) is 0.326. The number of carbonyl (C=O) groups is 2. The Bertz CT molecular complexity index is 1300. The molecule has 2 aromatic carbocycles. The zero-order valence-corrected chi connectivity index (χ0v) is 19.0. The molecular formula is C19H11Cl3N2O4S2. The SMILES string of the molecule is COc1ccc2nc(NC(=O)COC(=O)c3sc4cc(Cl)cc(Cl)c4c3Cl)sc2c1. The standard InChI is InChI=1S/C19H11Cl3N2O4S2/c1-27-9-2-3-11-12(6-9)30-19(23-11)24-14(25)7-28-18(26)17-16(22)15-10(21)4-8(20)5-13(15)29-17/h2-6H,7H2,1H3,(H,23,24,25). The van der Waals surface area contributed by atoms with E-state index in [0.29, 0.717) is 31.0 Å². The fourth-order valence-corrected chi connectivity index (χ4v) is 5.85. The second-order valence-corrected chi connectivity index (χ2v) is 9.29. The molecule has 1 amide bonds. The number of esters is 1. The summed E-state index contributed by atoms with van der Waals surface area (Å²) in [6.45, 7) is -0.489. The van der Waals surface area contributed by atoms with Gasteiger partial charge in [-0.05, 0) is 30.3 Å². The molecule has 11 heteroatoms. The minimum atomic E-state index is -0.724. The largest absolute Gasteiger partial charge is 0.497 e. The van der Waals surface area contributed by atoms with E-state index in [2.05, 4.69) is 10.3 Å². The summed E-state index contributed by atoms with van der Waals surface area (Å²) in [5.74, 6) is -0.551. The van der Waals surface area contributed by atoms with Crippen LogP contribution in [0, 0.1) is 0 Å². The third kappa shape index (κ3) is 4.19. The molecule has 0 saturated carbocycles. The molecule has 0 unspecified atom stereocenters. The Balaban J connectivity index is 1.44. The maximum Gasteiger partial charge on any atom is 0.350 e. The molecule has 0 aliphatic heterocycles. The van der Waals surface area contributed by atoms with Crippen molar-refractivity contribution in [1.82, 2.24) is 4.98 Å². The number of rotatable bonds is 5. The van der Waals surface area contributed by atoms with Gasteiger partial charge in [-0.2, -0.15) is 0 Å². The van der Waals surface area contributed by atoms with Gasteiger partial charge >= 0.3 is 5.97 Å². The average Bonchev–Trinajstić information content (AvgIpc) is 3.25. The number of nitrogens with one attached hydrogen (secondary N) is 1. The van der Waals surface area contributed by atoms with Gasteiger partial charge in [0.15, 0.2) is 11.7 Å². The number of thiophene rings is 1. The molecule has 0 aliphatic carbocycles. The first-order valence-electron chi connectivity index (χ1n) is 8.34. The molecule has 0 fully saturated rings. The van der Waals surface area contributed by atoms with E-state index in [9.17, 15) is 9.59 Å². The predicted octanol–water partition coefficient (Wildman–Crippen LogP) is 6.28. The number of aromatic nitrogens is 1. The lowest BCUT2D eigenvalue weighted by atomic mass is 10.2. The monoisotopic (exact) mass is 500 g/mol. The van der Waals surface area contributed by atoms with Crippen molar-refractivity contribution in [2.45, 2.75) is 0 Å². The van der Waals surface area contributed by atoms with Gasteiger partial charge in [0.2, 0.25) is 0 Å². The van der Waals surface area contributed by atoms with Crippen molar-refractivity contribution < 1.29 is 19.1 Å². The molecule has 154 valence electrons. The van der Waals surface area contributed by atoms with E-state index < -0.39 is 18.5 Å². The summed E-state index contributed by atoms with van der Waals surface area (Å²) >= 11 is 20.8. The number of benzene rings is 2. The normalized spacial score (nSPS) is 11.1. The lowest BCUT2D eigenvalue weighted by Gasteiger charge is -2.03. The Morgan fingerprint density at radius 2 is 1.90 bits per heavy atom. The first kappa shape index (κ1) is 21.1. The number of amides is 1. The number of anilines is 1. The van der Waals surface area contributed by atoms with Crippen LogP contribution in [0.15, 0.2) is 30.3 Å². The number of halogens is 3. The van der Waals surface area contributed by atoms with Gasteiger partial charge in [-0.1, -0.05) is 46.1 Å². The number of ether oxygens (including phenoxy) is 2. The molecule has 4 rings (SSSR count). The van der Waals surface area contributed by atoms with Gasteiger partial charge < -0.3 is 9.47 Å². The van der Waals surface area contributed by atoms with Gasteiger partial charge in [0.25, 0.3) is 5.91 Å². The summed E-state index contributed by atoms with van der Waals surface area (Å²) in [5.41, 5.74) is 0.723.